The first kappa shape index (κ1) is 45.4. The van der Waals surface area contributed by atoms with E-state index in [9.17, 15) is 44.1 Å². The number of nitrogens with zero attached hydrogens (tertiary/aromatic N) is 1. The number of aromatic hydroxyl groups is 2. The van der Waals surface area contributed by atoms with Gasteiger partial charge in [-0.2, -0.15) is 0 Å². The molecule has 7 N–H and O–H groups in total. The van der Waals surface area contributed by atoms with Crippen molar-refractivity contribution in [2.45, 2.75) is 96.3 Å². The fraction of sp³-hybridized carbons (Fsp3) is 0.362. The quantitative estimate of drug-likeness (QED) is 0.0763. The average molecular weight is 834 g/mol. The maximum atomic E-state index is 14.4. The second-order valence-electron chi connectivity index (χ2n) is 15.5. The molecule has 5 rings (SSSR count). The van der Waals surface area contributed by atoms with Gasteiger partial charge in [0.1, 0.15) is 35.7 Å². The molecule has 322 valence electrons. The number of unbranched alkanes of at least 4 members (excludes halogenated alkanes) is 2. The van der Waals surface area contributed by atoms with Crippen LogP contribution in [-0.2, 0) is 36.8 Å². The van der Waals surface area contributed by atoms with Gasteiger partial charge in [0.05, 0.1) is 0 Å². The topological polar surface area (TPSA) is 214 Å². The van der Waals surface area contributed by atoms with Crippen LogP contribution in [0.4, 0.5) is 0 Å². The van der Waals surface area contributed by atoms with Gasteiger partial charge in [0.25, 0.3) is 5.91 Å². The fourth-order valence-electron chi connectivity index (χ4n) is 7.36. The van der Waals surface area contributed by atoms with Gasteiger partial charge in [-0.1, -0.05) is 88.1 Å². The number of carbonyl (C=O) groups is 6. The molecule has 14 heteroatoms. The van der Waals surface area contributed by atoms with Crippen molar-refractivity contribution < 1.29 is 44.1 Å². The van der Waals surface area contributed by atoms with Gasteiger partial charge in [0.2, 0.25) is 23.6 Å². The number of carboxylic acids is 1. The summed E-state index contributed by atoms with van der Waals surface area (Å²) < 4.78 is 0. The molecule has 4 atom stereocenters. The zero-order chi connectivity index (χ0) is 44.2. The predicted octanol–water partition coefficient (Wildman–Crippen LogP) is 5.40. The Morgan fingerprint density at radius 1 is 0.803 bits per heavy atom. The van der Waals surface area contributed by atoms with Crippen molar-refractivity contribution in [1.82, 2.24) is 26.2 Å². The Morgan fingerprint density at radius 3 is 2.08 bits per heavy atom. The number of fused-ring (bicyclic) bond motifs is 5. The van der Waals surface area contributed by atoms with Crippen LogP contribution in [0.15, 0.2) is 84.9 Å². The SMILES string of the molecule is CCCCC[C@H](NC(=O)CCNC(=O)c1ccc(-c2ccc(CCC)cc2)cc1)C(=O)N(C)[C@@H]1C(=O)N[C@@H](C)C(=O)N[C@H](C(=O)O)Cc2ccc(O)c(c2)-c2cc1ccc2O. The highest BCUT2D eigenvalue weighted by Crippen LogP contribution is 2.39. The molecule has 1 heterocycles. The van der Waals surface area contributed by atoms with Crippen LogP contribution in [0.25, 0.3) is 22.3 Å². The molecule has 4 bridgehead atoms. The van der Waals surface area contributed by atoms with Crippen LogP contribution in [-0.4, -0.2) is 87.4 Å². The molecule has 4 aromatic rings. The summed E-state index contributed by atoms with van der Waals surface area (Å²) in [5.74, 6) is -4.87. The van der Waals surface area contributed by atoms with Gasteiger partial charge in [0, 0.05) is 43.1 Å². The number of rotatable bonds is 15. The first-order valence-electron chi connectivity index (χ1n) is 20.7. The lowest BCUT2D eigenvalue weighted by Crippen LogP contribution is -2.54. The number of carboxylic acid groups (broad SMARTS) is 1. The third kappa shape index (κ3) is 11.7. The van der Waals surface area contributed by atoms with E-state index < -0.39 is 53.8 Å². The standard InChI is InChI=1S/C47H55N5O9/c1-5-7-8-10-37(50-41(55)23-24-48-44(57)33-18-16-32(17-19-33)31-14-11-29(9-6-2)12-15-31)46(59)52(4)42-34-20-22-40(54)36(27-34)35-25-30(13-21-39(35)53)26-38(47(60)61)51-43(56)28(3)49-45(42)58/h11-22,25,27-28,37-38,42,53-54H,5-10,23-24,26H2,1-4H3,(H,48,57)(H,49,58)(H,50,55)(H,51,56)(H,60,61)/t28-,37-,38-,42-/m0/s1. The molecule has 0 radical (unpaired) electrons. The summed E-state index contributed by atoms with van der Waals surface area (Å²) in [6, 6.07) is 18.9. The van der Waals surface area contributed by atoms with Crippen molar-refractivity contribution in [3.63, 3.8) is 0 Å². The lowest BCUT2D eigenvalue weighted by atomic mass is 9.93. The minimum atomic E-state index is -1.41. The minimum absolute atomic E-state index is 0.00489. The maximum absolute atomic E-state index is 14.4. The molecule has 1 aliphatic heterocycles. The van der Waals surface area contributed by atoms with Gasteiger partial charge in [0.15, 0.2) is 0 Å². The van der Waals surface area contributed by atoms with Crippen molar-refractivity contribution in [3.05, 3.63) is 107 Å². The number of hydrogen-bond acceptors (Lipinski definition) is 8. The molecule has 5 amide bonds. The predicted molar refractivity (Wildman–Crippen MR) is 230 cm³/mol. The second-order valence-corrected chi connectivity index (χ2v) is 15.5. The molecule has 61 heavy (non-hydrogen) atoms. The molecule has 4 aromatic carbocycles. The van der Waals surface area contributed by atoms with Crippen LogP contribution in [0.1, 0.15) is 92.4 Å². The number of aliphatic carboxylic acids is 1. The Morgan fingerprint density at radius 2 is 1.44 bits per heavy atom. The Bertz CT molecular complexity index is 2220. The maximum Gasteiger partial charge on any atom is 0.326 e. The van der Waals surface area contributed by atoms with E-state index in [1.54, 1.807) is 12.1 Å². The Balaban J connectivity index is 1.33. The fourth-order valence-corrected chi connectivity index (χ4v) is 7.36. The molecule has 1 aliphatic rings. The largest absolute Gasteiger partial charge is 0.507 e. The second kappa shape index (κ2) is 21.0. The molecule has 14 nitrogen and oxygen atoms in total. The Kier molecular flexibility index (Phi) is 15.6. The number of benzene rings is 4. The molecule has 0 saturated heterocycles. The van der Waals surface area contributed by atoms with Gasteiger partial charge in [-0.3, -0.25) is 24.0 Å². The first-order valence-corrected chi connectivity index (χ1v) is 20.7. The molecule has 0 aromatic heterocycles. The van der Waals surface area contributed by atoms with E-state index in [0.29, 0.717) is 17.5 Å². The summed E-state index contributed by atoms with van der Waals surface area (Å²) in [6.07, 6.45) is 4.21. The molecular formula is C47H55N5O9. The van der Waals surface area contributed by atoms with Gasteiger partial charge in [-0.25, -0.2) is 4.79 Å². The van der Waals surface area contributed by atoms with Gasteiger partial charge >= 0.3 is 5.97 Å². The summed E-state index contributed by atoms with van der Waals surface area (Å²) in [5.41, 5.74) is 4.60. The number of amides is 5. The van der Waals surface area contributed by atoms with Crippen LogP contribution in [0.5, 0.6) is 11.5 Å². The smallest absolute Gasteiger partial charge is 0.326 e. The lowest BCUT2D eigenvalue weighted by molar-refractivity contribution is -0.144. The average Bonchev–Trinajstić information content (AvgIpc) is 3.24. The van der Waals surface area contributed by atoms with Crippen LogP contribution in [0.2, 0.25) is 0 Å². The van der Waals surface area contributed by atoms with Crippen LogP contribution >= 0.6 is 0 Å². The molecule has 0 saturated carbocycles. The number of phenolic OH excluding ortho intramolecular Hbond substituents is 2. The molecule has 0 unspecified atom stereocenters. The van der Waals surface area contributed by atoms with E-state index in [4.69, 9.17) is 0 Å². The third-order valence-electron chi connectivity index (χ3n) is 10.8. The highest BCUT2D eigenvalue weighted by Gasteiger charge is 2.36. The number of likely N-dealkylation sites (N-methyl/N-ethyl adjacent to an activating group) is 1. The highest BCUT2D eigenvalue weighted by atomic mass is 16.4. The van der Waals surface area contributed by atoms with Gasteiger partial charge in [-0.15, -0.1) is 0 Å². The zero-order valence-electron chi connectivity index (χ0n) is 35.0. The van der Waals surface area contributed by atoms with Crippen LogP contribution in [0.3, 0.4) is 0 Å². The minimum Gasteiger partial charge on any atom is -0.507 e. The summed E-state index contributed by atoms with van der Waals surface area (Å²) in [7, 11) is 1.39. The van der Waals surface area contributed by atoms with E-state index in [-0.39, 0.29) is 59.9 Å². The van der Waals surface area contributed by atoms with E-state index in [1.807, 2.05) is 19.1 Å². The molecule has 0 spiro atoms. The Labute approximate surface area is 355 Å². The summed E-state index contributed by atoms with van der Waals surface area (Å²) in [4.78, 5) is 81.4. The van der Waals surface area contributed by atoms with Gasteiger partial charge < -0.3 is 41.5 Å². The van der Waals surface area contributed by atoms with Gasteiger partial charge in [-0.05, 0) is 84.0 Å². The van der Waals surface area contributed by atoms with Crippen molar-refractivity contribution in [2.75, 3.05) is 13.6 Å². The summed E-state index contributed by atoms with van der Waals surface area (Å²) >= 11 is 0. The number of hydrogen-bond donors (Lipinski definition) is 7. The van der Waals surface area contributed by atoms with E-state index >= 15 is 0 Å². The van der Waals surface area contributed by atoms with E-state index in [0.717, 1.165) is 41.7 Å². The summed E-state index contributed by atoms with van der Waals surface area (Å²) in [6.45, 7) is 5.51. The van der Waals surface area contributed by atoms with E-state index in [1.165, 1.54) is 55.9 Å². The number of carbonyl (C=O) groups excluding carboxylic acids is 5. The van der Waals surface area contributed by atoms with E-state index in [2.05, 4.69) is 52.5 Å². The van der Waals surface area contributed by atoms with Crippen molar-refractivity contribution in [3.8, 4) is 33.8 Å². The molecule has 0 aliphatic carbocycles. The number of nitrogens with one attached hydrogen (secondary N) is 4. The highest BCUT2D eigenvalue weighted by molar-refractivity contribution is 5.97. The van der Waals surface area contributed by atoms with Crippen LogP contribution < -0.4 is 21.3 Å². The first-order chi connectivity index (χ1) is 29.2. The zero-order valence-corrected chi connectivity index (χ0v) is 35.0. The van der Waals surface area contributed by atoms with Crippen LogP contribution in [0, 0.1) is 0 Å². The Hall–Kier alpha value is -6.70. The molecular weight excluding hydrogens is 779 g/mol. The summed E-state index contributed by atoms with van der Waals surface area (Å²) in [5, 5.41) is 42.3. The van der Waals surface area contributed by atoms with Crippen molar-refractivity contribution >= 4 is 35.5 Å². The third-order valence-corrected chi connectivity index (χ3v) is 10.8. The number of aryl methyl sites for hydroxylation is 1. The monoisotopic (exact) mass is 833 g/mol. The van der Waals surface area contributed by atoms with Crippen molar-refractivity contribution in [1.29, 1.82) is 0 Å². The normalized spacial score (nSPS) is 16.9. The molecule has 0 fully saturated rings. The lowest BCUT2D eigenvalue weighted by Gasteiger charge is -2.32. The van der Waals surface area contributed by atoms with Crippen molar-refractivity contribution in [2.24, 2.45) is 0 Å². The number of phenols is 2.